The van der Waals surface area contributed by atoms with Crippen LogP contribution in [-0.4, -0.2) is 21.9 Å². The van der Waals surface area contributed by atoms with E-state index in [1.807, 2.05) is 42.5 Å². The zero-order valence-corrected chi connectivity index (χ0v) is 14.1. The molecular weight excluding hydrogens is 304 g/mol. The molecule has 0 saturated heterocycles. The topological polar surface area (TPSA) is 27.1 Å². The molecule has 118 valence electrons. The smallest absolute Gasteiger partial charge is 0.169 e. The summed E-state index contributed by atoms with van der Waals surface area (Å²) in [6, 6.07) is 16.3. The molecule has 1 heterocycles. The van der Waals surface area contributed by atoms with Crippen molar-refractivity contribution >= 4 is 22.8 Å². The molecule has 0 aliphatic carbocycles. The predicted octanol–water partition coefficient (Wildman–Crippen LogP) is 4.70. The minimum atomic E-state index is 0.660. The summed E-state index contributed by atoms with van der Waals surface area (Å²) in [4.78, 5) is 4.72. The highest BCUT2D eigenvalue weighted by Gasteiger charge is 2.09. The monoisotopic (exact) mass is 324 g/mol. The van der Waals surface area contributed by atoms with Gasteiger partial charge in [0.15, 0.2) is 5.16 Å². The fraction of sp³-hybridized carbons (Fsp3) is 0.211. The van der Waals surface area contributed by atoms with Crippen LogP contribution in [0.15, 0.2) is 66.3 Å². The highest BCUT2D eigenvalue weighted by molar-refractivity contribution is 7.99. The van der Waals surface area contributed by atoms with Crippen LogP contribution in [0.25, 0.3) is 11.0 Å². The Kier molecular flexibility index (Phi) is 5.03. The molecule has 0 unspecified atom stereocenters. The van der Waals surface area contributed by atoms with Crippen LogP contribution < -0.4 is 4.74 Å². The molecule has 0 saturated carbocycles. The standard InChI is InChI=1S/C19H20N2OS/c1-3-12-21-17-10-6-5-9-16(17)20-19(21)23-14-13-22-18-11-7-4-8-15(18)2/h3-11H,1,12-14H2,2H3. The number of aromatic nitrogens is 2. The number of aryl methyl sites for hydroxylation is 1. The first-order valence-corrected chi connectivity index (χ1v) is 8.65. The summed E-state index contributed by atoms with van der Waals surface area (Å²) >= 11 is 1.72. The lowest BCUT2D eigenvalue weighted by Crippen LogP contribution is -2.03. The summed E-state index contributed by atoms with van der Waals surface area (Å²) in [5.41, 5.74) is 3.34. The van der Waals surface area contributed by atoms with Gasteiger partial charge in [0, 0.05) is 12.3 Å². The normalized spacial score (nSPS) is 10.8. The molecule has 3 nitrogen and oxygen atoms in total. The Hall–Kier alpha value is -2.20. The van der Waals surface area contributed by atoms with Crippen molar-refractivity contribution in [3.63, 3.8) is 0 Å². The highest BCUT2D eigenvalue weighted by Crippen LogP contribution is 2.24. The van der Waals surface area contributed by atoms with E-state index in [2.05, 4.69) is 30.2 Å². The Bertz CT molecular complexity index is 810. The molecule has 0 aliphatic rings. The van der Waals surface area contributed by atoms with Gasteiger partial charge in [0.1, 0.15) is 5.75 Å². The van der Waals surface area contributed by atoms with Gasteiger partial charge in [-0.3, -0.25) is 0 Å². The molecule has 0 radical (unpaired) electrons. The number of hydrogen-bond donors (Lipinski definition) is 0. The second-order valence-electron chi connectivity index (χ2n) is 5.24. The number of thioether (sulfide) groups is 1. The van der Waals surface area contributed by atoms with Gasteiger partial charge in [0.2, 0.25) is 0 Å². The van der Waals surface area contributed by atoms with E-state index in [9.17, 15) is 0 Å². The van der Waals surface area contributed by atoms with Crippen LogP contribution in [0.1, 0.15) is 5.56 Å². The van der Waals surface area contributed by atoms with Gasteiger partial charge in [-0.15, -0.1) is 6.58 Å². The van der Waals surface area contributed by atoms with Crippen molar-refractivity contribution < 1.29 is 4.74 Å². The molecule has 23 heavy (non-hydrogen) atoms. The fourth-order valence-corrected chi connectivity index (χ4v) is 3.31. The number of allylic oxidation sites excluding steroid dienone is 1. The number of fused-ring (bicyclic) bond motifs is 1. The zero-order valence-electron chi connectivity index (χ0n) is 13.2. The largest absolute Gasteiger partial charge is 0.492 e. The third kappa shape index (κ3) is 3.59. The van der Waals surface area contributed by atoms with E-state index < -0.39 is 0 Å². The summed E-state index contributed by atoms with van der Waals surface area (Å²) < 4.78 is 8.05. The molecule has 2 aromatic carbocycles. The SMILES string of the molecule is C=CCn1c(SCCOc2ccccc2C)nc2ccccc21. The highest BCUT2D eigenvalue weighted by atomic mass is 32.2. The first-order chi connectivity index (χ1) is 11.3. The number of nitrogens with zero attached hydrogens (tertiary/aromatic N) is 2. The zero-order chi connectivity index (χ0) is 16.1. The molecule has 3 aromatic rings. The minimum Gasteiger partial charge on any atom is -0.492 e. The molecule has 3 rings (SSSR count). The van der Waals surface area contributed by atoms with Crippen LogP contribution in [0, 0.1) is 6.92 Å². The van der Waals surface area contributed by atoms with E-state index in [1.165, 1.54) is 0 Å². The van der Waals surface area contributed by atoms with Crippen LogP contribution >= 0.6 is 11.8 Å². The Morgan fingerprint density at radius 2 is 1.96 bits per heavy atom. The molecular formula is C19H20N2OS. The van der Waals surface area contributed by atoms with E-state index >= 15 is 0 Å². The first-order valence-electron chi connectivity index (χ1n) is 7.67. The van der Waals surface area contributed by atoms with Crippen LogP contribution in [0.2, 0.25) is 0 Å². The summed E-state index contributed by atoms with van der Waals surface area (Å²) in [6.45, 7) is 7.33. The summed E-state index contributed by atoms with van der Waals surface area (Å²) in [7, 11) is 0. The Labute approximate surface area is 141 Å². The van der Waals surface area contributed by atoms with Crippen molar-refractivity contribution in [2.24, 2.45) is 0 Å². The van der Waals surface area contributed by atoms with Crippen molar-refractivity contribution in [3.05, 3.63) is 66.7 Å². The van der Waals surface area contributed by atoms with Gasteiger partial charge in [0.05, 0.1) is 17.6 Å². The average Bonchev–Trinajstić information content (AvgIpc) is 2.91. The molecule has 0 amide bonds. The third-order valence-electron chi connectivity index (χ3n) is 3.60. The number of hydrogen-bond acceptors (Lipinski definition) is 3. The van der Waals surface area contributed by atoms with Crippen LogP contribution in [-0.2, 0) is 6.54 Å². The molecule has 0 aliphatic heterocycles. The number of para-hydroxylation sites is 3. The number of imidazole rings is 1. The van der Waals surface area contributed by atoms with Crippen LogP contribution in [0.5, 0.6) is 5.75 Å². The molecule has 0 N–H and O–H groups in total. The van der Waals surface area contributed by atoms with Gasteiger partial charge in [-0.2, -0.15) is 0 Å². The Morgan fingerprint density at radius 1 is 1.17 bits per heavy atom. The quantitative estimate of drug-likeness (QED) is 0.358. The first kappa shape index (κ1) is 15.7. The molecule has 1 aromatic heterocycles. The second-order valence-corrected chi connectivity index (χ2v) is 6.31. The molecule has 0 bridgehead atoms. The fourth-order valence-electron chi connectivity index (χ4n) is 2.47. The Morgan fingerprint density at radius 3 is 2.78 bits per heavy atom. The van der Waals surface area contributed by atoms with Crippen molar-refractivity contribution in [3.8, 4) is 5.75 Å². The van der Waals surface area contributed by atoms with Crippen molar-refractivity contribution in [1.29, 1.82) is 0 Å². The van der Waals surface area contributed by atoms with Gasteiger partial charge in [-0.1, -0.05) is 48.2 Å². The summed E-state index contributed by atoms with van der Waals surface area (Å²) in [5.74, 6) is 1.81. The lowest BCUT2D eigenvalue weighted by molar-refractivity contribution is 0.341. The Balaban J connectivity index is 1.66. The average molecular weight is 324 g/mol. The van der Waals surface area contributed by atoms with Crippen molar-refractivity contribution in [2.45, 2.75) is 18.6 Å². The van der Waals surface area contributed by atoms with Crippen LogP contribution in [0.3, 0.4) is 0 Å². The van der Waals surface area contributed by atoms with E-state index in [0.29, 0.717) is 6.61 Å². The maximum atomic E-state index is 5.85. The van der Waals surface area contributed by atoms with Gasteiger partial charge >= 0.3 is 0 Å². The van der Waals surface area contributed by atoms with E-state index in [4.69, 9.17) is 9.72 Å². The third-order valence-corrected chi connectivity index (χ3v) is 4.54. The van der Waals surface area contributed by atoms with E-state index in [1.54, 1.807) is 11.8 Å². The lowest BCUT2D eigenvalue weighted by atomic mass is 10.2. The molecule has 4 heteroatoms. The van der Waals surface area contributed by atoms with Gasteiger partial charge in [-0.25, -0.2) is 4.98 Å². The van der Waals surface area contributed by atoms with Gasteiger partial charge in [0.25, 0.3) is 0 Å². The van der Waals surface area contributed by atoms with Gasteiger partial charge in [-0.05, 0) is 30.7 Å². The van der Waals surface area contributed by atoms with E-state index in [0.717, 1.165) is 39.8 Å². The molecule has 0 fully saturated rings. The maximum Gasteiger partial charge on any atom is 0.169 e. The maximum absolute atomic E-state index is 5.85. The number of rotatable bonds is 7. The molecule has 0 spiro atoms. The second kappa shape index (κ2) is 7.38. The summed E-state index contributed by atoms with van der Waals surface area (Å²) in [5, 5.41) is 1.01. The van der Waals surface area contributed by atoms with Crippen molar-refractivity contribution in [1.82, 2.24) is 9.55 Å². The van der Waals surface area contributed by atoms with E-state index in [-0.39, 0.29) is 0 Å². The number of ether oxygens (including phenoxy) is 1. The van der Waals surface area contributed by atoms with Crippen LogP contribution in [0.4, 0.5) is 0 Å². The predicted molar refractivity (Wildman–Crippen MR) is 97.3 cm³/mol. The lowest BCUT2D eigenvalue weighted by Gasteiger charge is -2.09. The van der Waals surface area contributed by atoms with Gasteiger partial charge < -0.3 is 9.30 Å². The van der Waals surface area contributed by atoms with Crippen molar-refractivity contribution in [2.75, 3.05) is 12.4 Å². The minimum absolute atomic E-state index is 0.660. The molecule has 0 atom stereocenters. The number of benzene rings is 2. The summed E-state index contributed by atoms with van der Waals surface area (Å²) in [6.07, 6.45) is 1.90.